The monoisotopic (exact) mass is 246 g/mol. The lowest BCUT2D eigenvalue weighted by atomic mass is 10.0. The lowest BCUT2D eigenvalue weighted by Crippen LogP contribution is -2.30. The molecule has 1 N–H and O–H groups in total. The van der Waals surface area contributed by atoms with Crippen LogP contribution in [0.15, 0.2) is 18.2 Å². The van der Waals surface area contributed by atoms with Crippen molar-refractivity contribution in [3.63, 3.8) is 0 Å². The van der Waals surface area contributed by atoms with Crippen LogP contribution in [0.25, 0.3) is 0 Å². The second-order valence-corrected chi connectivity index (χ2v) is 5.36. The SMILES string of the molecule is CCNCCN(C)CCc1ccc2c(c1)CCC2. The van der Waals surface area contributed by atoms with E-state index in [0.29, 0.717) is 0 Å². The molecule has 100 valence electrons. The summed E-state index contributed by atoms with van der Waals surface area (Å²) in [6.07, 6.45) is 5.11. The van der Waals surface area contributed by atoms with Gasteiger partial charge in [0.2, 0.25) is 0 Å². The zero-order valence-corrected chi connectivity index (χ0v) is 11.8. The molecule has 1 aromatic carbocycles. The first-order valence-corrected chi connectivity index (χ1v) is 7.29. The van der Waals surface area contributed by atoms with Gasteiger partial charge in [0.25, 0.3) is 0 Å². The molecular formula is C16H26N2. The molecular weight excluding hydrogens is 220 g/mol. The average Bonchev–Trinajstić information content (AvgIpc) is 2.84. The summed E-state index contributed by atoms with van der Waals surface area (Å²) in [5, 5.41) is 3.37. The molecule has 2 nitrogen and oxygen atoms in total. The van der Waals surface area contributed by atoms with Gasteiger partial charge in [0.15, 0.2) is 0 Å². The predicted molar refractivity (Wildman–Crippen MR) is 78.2 cm³/mol. The summed E-state index contributed by atoms with van der Waals surface area (Å²) in [5.74, 6) is 0. The van der Waals surface area contributed by atoms with E-state index in [1.165, 1.54) is 31.2 Å². The van der Waals surface area contributed by atoms with E-state index in [4.69, 9.17) is 0 Å². The minimum atomic E-state index is 1.07. The molecule has 0 fully saturated rings. The average molecular weight is 246 g/mol. The third kappa shape index (κ3) is 3.82. The summed E-state index contributed by atoms with van der Waals surface area (Å²) in [6.45, 7) is 6.61. The Labute approximate surface area is 111 Å². The zero-order valence-electron chi connectivity index (χ0n) is 11.8. The summed E-state index contributed by atoms with van der Waals surface area (Å²) >= 11 is 0. The molecule has 1 aliphatic rings. The molecule has 0 saturated heterocycles. The van der Waals surface area contributed by atoms with Crippen molar-refractivity contribution in [2.45, 2.75) is 32.6 Å². The summed E-state index contributed by atoms with van der Waals surface area (Å²) in [6, 6.07) is 7.10. The third-order valence-corrected chi connectivity index (χ3v) is 3.87. The van der Waals surface area contributed by atoms with Crippen molar-refractivity contribution < 1.29 is 0 Å². The predicted octanol–water partition coefficient (Wildman–Crippen LogP) is 2.26. The van der Waals surface area contributed by atoms with Crippen LogP contribution in [0.4, 0.5) is 0 Å². The molecule has 0 spiro atoms. The molecule has 18 heavy (non-hydrogen) atoms. The number of aryl methyl sites for hydroxylation is 2. The van der Waals surface area contributed by atoms with Crippen LogP contribution < -0.4 is 5.32 Å². The van der Waals surface area contributed by atoms with Gasteiger partial charge in [0, 0.05) is 19.6 Å². The first-order chi connectivity index (χ1) is 8.79. The van der Waals surface area contributed by atoms with E-state index in [0.717, 1.165) is 26.2 Å². The van der Waals surface area contributed by atoms with E-state index >= 15 is 0 Å². The molecule has 0 saturated carbocycles. The van der Waals surface area contributed by atoms with Crippen molar-refractivity contribution in [3.05, 3.63) is 34.9 Å². The Bertz CT molecular complexity index is 373. The van der Waals surface area contributed by atoms with Crippen molar-refractivity contribution in [2.75, 3.05) is 33.2 Å². The topological polar surface area (TPSA) is 15.3 Å². The van der Waals surface area contributed by atoms with Crippen LogP contribution >= 0.6 is 0 Å². The Kier molecular flexibility index (Phi) is 5.21. The molecule has 2 rings (SSSR count). The van der Waals surface area contributed by atoms with E-state index in [9.17, 15) is 0 Å². The van der Waals surface area contributed by atoms with Crippen LogP contribution in [0.5, 0.6) is 0 Å². The van der Waals surface area contributed by atoms with Gasteiger partial charge in [-0.05, 0) is 56.0 Å². The standard InChI is InChI=1S/C16H26N2/c1-3-17-10-12-18(2)11-9-14-7-8-15-5-4-6-16(15)13-14/h7-8,13,17H,3-6,9-12H2,1-2H3. The maximum absolute atomic E-state index is 3.37. The van der Waals surface area contributed by atoms with Crippen LogP contribution in [0, 0.1) is 0 Å². The Morgan fingerprint density at radius 3 is 2.83 bits per heavy atom. The molecule has 0 bridgehead atoms. The molecule has 0 radical (unpaired) electrons. The third-order valence-electron chi connectivity index (χ3n) is 3.87. The summed E-state index contributed by atoms with van der Waals surface area (Å²) in [7, 11) is 2.21. The molecule has 1 aliphatic carbocycles. The molecule has 0 aliphatic heterocycles. The van der Waals surface area contributed by atoms with Gasteiger partial charge in [-0.15, -0.1) is 0 Å². The van der Waals surface area contributed by atoms with Gasteiger partial charge in [0.1, 0.15) is 0 Å². The van der Waals surface area contributed by atoms with E-state index in [-0.39, 0.29) is 0 Å². The highest BCUT2D eigenvalue weighted by molar-refractivity contribution is 5.35. The number of nitrogens with one attached hydrogen (secondary N) is 1. The largest absolute Gasteiger partial charge is 0.316 e. The molecule has 0 aromatic heterocycles. The van der Waals surface area contributed by atoms with E-state index in [1.54, 1.807) is 11.1 Å². The first-order valence-electron chi connectivity index (χ1n) is 7.29. The van der Waals surface area contributed by atoms with Crippen molar-refractivity contribution in [1.82, 2.24) is 10.2 Å². The number of hydrogen-bond donors (Lipinski definition) is 1. The Hall–Kier alpha value is -0.860. The van der Waals surface area contributed by atoms with Gasteiger partial charge in [-0.25, -0.2) is 0 Å². The quantitative estimate of drug-likeness (QED) is 0.742. The van der Waals surface area contributed by atoms with Gasteiger partial charge < -0.3 is 10.2 Å². The van der Waals surface area contributed by atoms with E-state index in [1.807, 2.05) is 0 Å². The molecule has 1 aromatic rings. The van der Waals surface area contributed by atoms with Gasteiger partial charge in [-0.1, -0.05) is 25.1 Å². The normalized spacial score (nSPS) is 14.2. The fraction of sp³-hybridized carbons (Fsp3) is 0.625. The smallest absolute Gasteiger partial charge is 0.0104 e. The summed E-state index contributed by atoms with van der Waals surface area (Å²) in [5.41, 5.74) is 4.69. The number of rotatable bonds is 7. The second kappa shape index (κ2) is 6.91. The Morgan fingerprint density at radius 2 is 2.00 bits per heavy atom. The van der Waals surface area contributed by atoms with Gasteiger partial charge >= 0.3 is 0 Å². The Morgan fingerprint density at radius 1 is 1.17 bits per heavy atom. The van der Waals surface area contributed by atoms with Crippen LogP contribution in [-0.4, -0.2) is 38.1 Å². The highest BCUT2D eigenvalue weighted by Gasteiger charge is 2.10. The highest BCUT2D eigenvalue weighted by Crippen LogP contribution is 2.22. The van der Waals surface area contributed by atoms with Crippen molar-refractivity contribution in [2.24, 2.45) is 0 Å². The van der Waals surface area contributed by atoms with Gasteiger partial charge in [-0.3, -0.25) is 0 Å². The fourth-order valence-electron chi connectivity index (χ4n) is 2.66. The van der Waals surface area contributed by atoms with E-state index < -0.39 is 0 Å². The molecule has 0 atom stereocenters. The second-order valence-electron chi connectivity index (χ2n) is 5.36. The van der Waals surface area contributed by atoms with Gasteiger partial charge in [0.05, 0.1) is 0 Å². The molecule has 0 amide bonds. The maximum Gasteiger partial charge on any atom is 0.0104 e. The lowest BCUT2D eigenvalue weighted by molar-refractivity contribution is 0.337. The number of hydrogen-bond acceptors (Lipinski definition) is 2. The van der Waals surface area contributed by atoms with Crippen LogP contribution in [0.2, 0.25) is 0 Å². The van der Waals surface area contributed by atoms with Crippen LogP contribution in [-0.2, 0) is 19.3 Å². The van der Waals surface area contributed by atoms with Crippen LogP contribution in [0.1, 0.15) is 30.0 Å². The Balaban J connectivity index is 1.76. The molecule has 2 heteroatoms. The van der Waals surface area contributed by atoms with E-state index in [2.05, 4.69) is 42.4 Å². The van der Waals surface area contributed by atoms with Crippen molar-refractivity contribution in [3.8, 4) is 0 Å². The number of benzene rings is 1. The number of likely N-dealkylation sites (N-methyl/N-ethyl adjacent to an activating group) is 2. The minimum absolute atomic E-state index is 1.07. The number of nitrogens with zero attached hydrogens (tertiary/aromatic N) is 1. The number of fused-ring (bicyclic) bond motifs is 1. The van der Waals surface area contributed by atoms with Crippen LogP contribution in [0.3, 0.4) is 0 Å². The summed E-state index contributed by atoms with van der Waals surface area (Å²) in [4.78, 5) is 2.41. The molecule has 0 unspecified atom stereocenters. The first kappa shape index (κ1) is 13.6. The minimum Gasteiger partial charge on any atom is -0.316 e. The zero-order chi connectivity index (χ0) is 12.8. The van der Waals surface area contributed by atoms with Crippen molar-refractivity contribution in [1.29, 1.82) is 0 Å². The molecule has 0 heterocycles. The maximum atomic E-state index is 3.37. The van der Waals surface area contributed by atoms with Gasteiger partial charge in [-0.2, -0.15) is 0 Å². The van der Waals surface area contributed by atoms with Crippen molar-refractivity contribution >= 4 is 0 Å². The lowest BCUT2D eigenvalue weighted by Gasteiger charge is -2.16. The fourth-order valence-corrected chi connectivity index (χ4v) is 2.66. The highest BCUT2D eigenvalue weighted by atomic mass is 15.1. The summed E-state index contributed by atoms with van der Waals surface area (Å²) < 4.78 is 0.